The Labute approximate surface area is 173 Å². The van der Waals surface area contributed by atoms with Gasteiger partial charge >= 0.3 is 0 Å². The number of hydrazone groups is 1. The van der Waals surface area contributed by atoms with Crippen molar-refractivity contribution in [2.45, 2.75) is 18.7 Å². The molecule has 2 aromatic carbocycles. The summed E-state index contributed by atoms with van der Waals surface area (Å²) in [4.78, 5) is 14.2. The van der Waals surface area contributed by atoms with E-state index in [2.05, 4.69) is 15.9 Å². The fourth-order valence-corrected chi connectivity index (χ4v) is 4.68. The molecule has 4 nitrogen and oxygen atoms in total. The minimum atomic E-state index is -0.887. The van der Waals surface area contributed by atoms with Crippen LogP contribution in [0.15, 0.2) is 69.6 Å². The molecule has 3 heterocycles. The van der Waals surface area contributed by atoms with Crippen molar-refractivity contribution in [3.63, 3.8) is 0 Å². The Hall–Kier alpha value is -2.51. The number of ether oxygens (including phenoxy) is 1. The molecule has 0 amide bonds. The van der Waals surface area contributed by atoms with Crippen molar-refractivity contribution in [1.29, 1.82) is 0 Å². The molecule has 3 aromatic rings. The quantitative estimate of drug-likeness (QED) is 0.495. The van der Waals surface area contributed by atoms with Crippen molar-refractivity contribution in [2.75, 3.05) is 0 Å². The number of ketones is 1. The predicted octanol–water partition coefficient (Wildman–Crippen LogP) is 5.40. The first-order chi connectivity index (χ1) is 13.6. The van der Waals surface area contributed by atoms with Crippen molar-refractivity contribution < 1.29 is 13.9 Å². The minimum Gasteiger partial charge on any atom is -0.461 e. The second-order valence-corrected chi connectivity index (χ2v) is 8.51. The Morgan fingerprint density at radius 1 is 1.21 bits per heavy atom. The van der Waals surface area contributed by atoms with E-state index in [1.807, 2.05) is 35.7 Å². The van der Waals surface area contributed by atoms with Crippen LogP contribution >= 0.6 is 27.3 Å². The zero-order valence-electron chi connectivity index (χ0n) is 14.5. The lowest BCUT2D eigenvalue weighted by molar-refractivity contribution is -0.00459. The molecule has 0 unspecified atom stereocenters. The molecule has 0 saturated carbocycles. The number of halogens is 2. The topological polar surface area (TPSA) is 41.9 Å². The van der Waals surface area contributed by atoms with Crippen LogP contribution in [0.1, 0.15) is 33.3 Å². The summed E-state index contributed by atoms with van der Waals surface area (Å²) in [6, 6.07) is 15.2. The summed E-state index contributed by atoms with van der Waals surface area (Å²) in [5, 5.41) is 8.51. The molecule has 0 spiro atoms. The Morgan fingerprint density at radius 2 is 2.04 bits per heavy atom. The van der Waals surface area contributed by atoms with Gasteiger partial charge < -0.3 is 4.74 Å². The SMILES string of the molecule is O=C(c1ccc(F)cc1)[C@H]1Oc2ccc(Br)cc2[C@H]2CC(c3cccs3)=NN12. The first-order valence-corrected chi connectivity index (χ1v) is 10.4. The highest BCUT2D eigenvalue weighted by atomic mass is 79.9. The first kappa shape index (κ1) is 17.6. The second-order valence-electron chi connectivity index (χ2n) is 6.65. The number of hydrogen-bond donors (Lipinski definition) is 0. The molecule has 0 N–H and O–H groups in total. The van der Waals surface area contributed by atoms with Crippen molar-refractivity contribution >= 4 is 38.8 Å². The summed E-state index contributed by atoms with van der Waals surface area (Å²) in [5.74, 6) is 0.0515. The van der Waals surface area contributed by atoms with E-state index < -0.39 is 6.23 Å². The maximum absolute atomic E-state index is 13.3. The smallest absolute Gasteiger partial charge is 0.251 e. The fourth-order valence-electron chi connectivity index (χ4n) is 3.58. The number of hydrogen-bond acceptors (Lipinski definition) is 5. The summed E-state index contributed by atoms with van der Waals surface area (Å²) in [6.45, 7) is 0. The number of carbonyl (C=O) groups is 1. The molecule has 140 valence electrons. The van der Waals surface area contributed by atoms with E-state index in [1.54, 1.807) is 16.3 Å². The third kappa shape index (κ3) is 2.95. The van der Waals surface area contributed by atoms with Gasteiger partial charge in [-0.1, -0.05) is 22.0 Å². The predicted molar refractivity (Wildman–Crippen MR) is 109 cm³/mol. The maximum Gasteiger partial charge on any atom is 0.251 e. The van der Waals surface area contributed by atoms with Gasteiger partial charge in [0.15, 0.2) is 0 Å². The van der Waals surface area contributed by atoms with E-state index >= 15 is 0 Å². The molecule has 5 rings (SSSR count). The van der Waals surface area contributed by atoms with Gasteiger partial charge in [-0.3, -0.25) is 4.79 Å². The van der Waals surface area contributed by atoms with E-state index in [0.717, 1.165) is 20.6 Å². The average Bonchev–Trinajstić information content (AvgIpc) is 3.37. The van der Waals surface area contributed by atoms with Gasteiger partial charge in [-0.2, -0.15) is 5.10 Å². The molecule has 28 heavy (non-hydrogen) atoms. The largest absolute Gasteiger partial charge is 0.461 e. The highest BCUT2D eigenvalue weighted by molar-refractivity contribution is 9.10. The van der Waals surface area contributed by atoms with Gasteiger partial charge in [0, 0.05) is 22.0 Å². The van der Waals surface area contributed by atoms with Crippen LogP contribution in [-0.4, -0.2) is 22.7 Å². The van der Waals surface area contributed by atoms with Crippen LogP contribution in [0.5, 0.6) is 5.75 Å². The van der Waals surface area contributed by atoms with E-state index in [-0.39, 0.29) is 17.6 Å². The number of thiophene rings is 1. The second kappa shape index (κ2) is 6.83. The van der Waals surface area contributed by atoms with Crippen LogP contribution in [0.4, 0.5) is 4.39 Å². The van der Waals surface area contributed by atoms with Gasteiger partial charge in [-0.15, -0.1) is 11.3 Å². The third-order valence-corrected chi connectivity index (χ3v) is 6.32. The van der Waals surface area contributed by atoms with Gasteiger partial charge in [0.2, 0.25) is 5.78 Å². The molecular formula is C21H14BrFN2O2S. The standard InChI is InChI=1S/C21H14BrFN2O2S/c22-13-5-8-18-15(10-13)17-11-16(19-2-1-9-28-19)24-25(17)21(27-18)20(26)12-3-6-14(23)7-4-12/h1-10,17,21H,11H2/t17-,21-/m1/s1. The lowest BCUT2D eigenvalue weighted by Gasteiger charge is -2.37. The van der Waals surface area contributed by atoms with Crippen LogP contribution in [0.25, 0.3) is 0 Å². The summed E-state index contributed by atoms with van der Waals surface area (Å²) in [7, 11) is 0. The molecule has 1 aromatic heterocycles. The van der Waals surface area contributed by atoms with Gasteiger partial charge in [0.25, 0.3) is 6.23 Å². The zero-order chi connectivity index (χ0) is 19.3. The van der Waals surface area contributed by atoms with Gasteiger partial charge in [0.05, 0.1) is 16.6 Å². The van der Waals surface area contributed by atoms with E-state index in [4.69, 9.17) is 9.84 Å². The summed E-state index contributed by atoms with van der Waals surface area (Å²) in [5.41, 5.74) is 2.33. The lowest BCUT2D eigenvalue weighted by Crippen LogP contribution is -2.45. The highest BCUT2D eigenvalue weighted by Crippen LogP contribution is 2.44. The van der Waals surface area contributed by atoms with Crippen LogP contribution in [0, 0.1) is 5.82 Å². The van der Waals surface area contributed by atoms with Crippen molar-refractivity contribution in [3.8, 4) is 5.75 Å². The number of carbonyl (C=O) groups excluding carboxylic acids is 1. The molecule has 0 saturated heterocycles. The number of nitrogens with zero attached hydrogens (tertiary/aromatic N) is 2. The Balaban J connectivity index is 1.57. The van der Waals surface area contributed by atoms with Crippen molar-refractivity contribution in [2.24, 2.45) is 5.10 Å². The lowest BCUT2D eigenvalue weighted by atomic mass is 9.97. The Bertz CT molecular complexity index is 1080. The van der Waals surface area contributed by atoms with Crippen LogP contribution in [-0.2, 0) is 0 Å². The Morgan fingerprint density at radius 3 is 2.79 bits per heavy atom. The summed E-state index contributed by atoms with van der Waals surface area (Å²) < 4.78 is 20.3. The van der Waals surface area contributed by atoms with Crippen molar-refractivity contribution in [3.05, 3.63) is 86.3 Å². The number of rotatable bonds is 3. The van der Waals surface area contributed by atoms with Gasteiger partial charge in [-0.25, -0.2) is 9.40 Å². The molecule has 0 fully saturated rings. The number of Topliss-reactive ketones (excluding diaryl/α,β-unsaturated/α-hetero) is 1. The number of benzene rings is 2. The molecule has 0 radical (unpaired) electrons. The molecule has 0 bridgehead atoms. The molecule has 0 aliphatic carbocycles. The first-order valence-electron chi connectivity index (χ1n) is 8.76. The zero-order valence-corrected chi connectivity index (χ0v) is 16.9. The Kier molecular flexibility index (Phi) is 4.29. The molecule has 2 atom stereocenters. The molecule has 2 aliphatic heterocycles. The molecule has 2 aliphatic rings. The maximum atomic E-state index is 13.3. The number of fused-ring (bicyclic) bond motifs is 3. The van der Waals surface area contributed by atoms with Crippen LogP contribution < -0.4 is 4.74 Å². The summed E-state index contributed by atoms with van der Waals surface area (Å²) in [6.07, 6.45) is -0.192. The molecular weight excluding hydrogens is 443 g/mol. The van der Waals surface area contributed by atoms with E-state index in [1.165, 1.54) is 24.3 Å². The average molecular weight is 457 g/mol. The summed E-state index contributed by atoms with van der Waals surface area (Å²) >= 11 is 5.14. The normalized spacial score (nSPS) is 20.2. The van der Waals surface area contributed by atoms with E-state index in [9.17, 15) is 9.18 Å². The third-order valence-electron chi connectivity index (χ3n) is 4.91. The minimum absolute atomic E-state index is 0.0900. The van der Waals surface area contributed by atoms with E-state index in [0.29, 0.717) is 17.7 Å². The van der Waals surface area contributed by atoms with Crippen molar-refractivity contribution in [1.82, 2.24) is 5.01 Å². The van der Waals surface area contributed by atoms with Gasteiger partial charge in [0.1, 0.15) is 11.6 Å². The van der Waals surface area contributed by atoms with Crippen LogP contribution in [0.3, 0.4) is 0 Å². The monoisotopic (exact) mass is 456 g/mol. The van der Waals surface area contributed by atoms with Crippen LogP contribution in [0.2, 0.25) is 0 Å². The highest BCUT2D eigenvalue weighted by Gasteiger charge is 2.43. The molecule has 7 heteroatoms. The fraction of sp³-hybridized carbons (Fsp3) is 0.143. The van der Waals surface area contributed by atoms with Gasteiger partial charge in [-0.05, 0) is 53.9 Å².